The van der Waals surface area contributed by atoms with Gasteiger partial charge in [-0.15, -0.1) is 0 Å². The van der Waals surface area contributed by atoms with E-state index in [1.54, 1.807) is 6.07 Å². The summed E-state index contributed by atoms with van der Waals surface area (Å²) >= 11 is 1.30. The largest absolute Gasteiger partial charge is 0.394 e. The summed E-state index contributed by atoms with van der Waals surface area (Å²) in [4.78, 5) is 19.0. The monoisotopic (exact) mass is 320 g/mol. The minimum atomic E-state index is -0.295. The number of fused-ring (bicyclic) bond motifs is 1. The van der Waals surface area contributed by atoms with Crippen LogP contribution in [0.15, 0.2) is 40.4 Å². The lowest BCUT2D eigenvalue weighted by Crippen LogP contribution is -2.11. The maximum atomic E-state index is 13.1. The quantitative estimate of drug-likeness (QED) is 0.550. The van der Waals surface area contributed by atoms with Crippen molar-refractivity contribution in [1.29, 1.82) is 0 Å². The lowest BCUT2D eigenvalue weighted by molar-refractivity contribution is 0.271. The Hall–Kier alpha value is -2.19. The zero-order chi connectivity index (χ0) is 15.5. The van der Waals surface area contributed by atoms with Crippen molar-refractivity contribution in [3.63, 3.8) is 0 Å². The van der Waals surface area contributed by atoms with Gasteiger partial charge in [0.2, 0.25) is 0 Å². The van der Waals surface area contributed by atoms with Crippen molar-refractivity contribution < 1.29 is 9.50 Å². The summed E-state index contributed by atoms with van der Waals surface area (Å²) in [7, 11) is 0. The maximum absolute atomic E-state index is 13.1. The molecule has 0 spiro atoms. The number of thioether (sulfide) groups is 1. The highest BCUT2D eigenvalue weighted by Gasteiger charge is 2.10. The molecule has 22 heavy (non-hydrogen) atoms. The van der Waals surface area contributed by atoms with Gasteiger partial charge < -0.3 is 10.1 Å². The zero-order valence-electron chi connectivity index (χ0n) is 11.5. The number of nitrogens with one attached hydrogen (secondary N) is 1. The molecule has 2 heterocycles. The van der Waals surface area contributed by atoms with Gasteiger partial charge in [-0.3, -0.25) is 4.79 Å². The van der Waals surface area contributed by atoms with Crippen molar-refractivity contribution in [2.24, 2.45) is 0 Å². The van der Waals surface area contributed by atoms with E-state index >= 15 is 0 Å². The van der Waals surface area contributed by atoms with Gasteiger partial charge in [0.1, 0.15) is 11.2 Å². The number of nitrogens with zero attached hydrogens (tertiary/aromatic N) is 3. The molecule has 1 aromatic carbocycles. The Labute approximate surface area is 129 Å². The summed E-state index contributed by atoms with van der Waals surface area (Å²) in [5, 5.41) is 13.8. The molecule has 0 radical (unpaired) electrons. The molecule has 0 saturated heterocycles. The molecule has 2 N–H and O–H groups in total. The second kappa shape index (κ2) is 6.29. The van der Waals surface area contributed by atoms with Gasteiger partial charge in [0.05, 0.1) is 19.3 Å². The van der Waals surface area contributed by atoms with Crippen LogP contribution in [0.25, 0.3) is 11.0 Å². The van der Waals surface area contributed by atoms with Crippen LogP contribution in [0.4, 0.5) is 4.39 Å². The Bertz CT molecular complexity index is 861. The van der Waals surface area contributed by atoms with Crippen LogP contribution in [0.3, 0.4) is 0 Å². The molecule has 8 heteroatoms. The van der Waals surface area contributed by atoms with Crippen LogP contribution in [0, 0.1) is 5.82 Å². The van der Waals surface area contributed by atoms with E-state index in [9.17, 15) is 9.18 Å². The number of benzene rings is 1. The number of halogens is 1. The van der Waals surface area contributed by atoms with Crippen LogP contribution < -0.4 is 5.56 Å². The predicted octanol–water partition coefficient (Wildman–Crippen LogP) is 1.54. The van der Waals surface area contributed by atoms with Crippen LogP contribution in [-0.2, 0) is 12.3 Å². The molecule has 3 aromatic rings. The number of aliphatic hydroxyl groups excluding tert-OH is 1. The fourth-order valence-electron chi connectivity index (χ4n) is 2.05. The minimum Gasteiger partial charge on any atom is -0.394 e. The SMILES string of the molecule is O=c1[nH]c(SCc2cccc(F)c2)nc2c1cnn2CCO. The fraction of sp³-hybridized carbons (Fsp3) is 0.214. The molecule has 6 nitrogen and oxygen atoms in total. The molecule has 2 aromatic heterocycles. The Morgan fingerprint density at radius 3 is 3.05 bits per heavy atom. The molecule has 3 rings (SSSR count). The third kappa shape index (κ3) is 3.02. The summed E-state index contributed by atoms with van der Waals surface area (Å²) in [5.74, 6) is 0.191. The third-order valence-electron chi connectivity index (χ3n) is 3.06. The van der Waals surface area contributed by atoms with E-state index in [1.165, 1.54) is 34.8 Å². The van der Waals surface area contributed by atoms with Gasteiger partial charge in [0.15, 0.2) is 10.8 Å². The van der Waals surface area contributed by atoms with Crippen molar-refractivity contribution >= 4 is 22.8 Å². The second-order valence-corrected chi connectivity index (χ2v) is 5.58. The highest BCUT2D eigenvalue weighted by Crippen LogP contribution is 2.20. The van der Waals surface area contributed by atoms with Crippen LogP contribution >= 0.6 is 11.8 Å². The van der Waals surface area contributed by atoms with Crippen LogP contribution in [-0.4, -0.2) is 31.5 Å². The zero-order valence-corrected chi connectivity index (χ0v) is 12.3. The van der Waals surface area contributed by atoms with Crippen molar-refractivity contribution in [1.82, 2.24) is 19.7 Å². The Morgan fingerprint density at radius 2 is 2.27 bits per heavy atom. The fourth-order valence-corrected chi connectivity index (χ4v) is 2.85. The first kappa shape index (κ1) is 14.7. The summed E-state index contributed by atoms with van der Waals surface area (Å²) in [6.45, 7) is 0.185. The van der Waals surface area contributed by atoms with Crippen LogP contribution in [0.5, 0.6) is 0 Å². The Kier molecular flexibility index (Phi) is 4.21. The smallest absolute Gasteiger partial charge is 0.262 e. The number of hydrogen-bond donors (Lipinski definition) is 2. The number of aromatic amines is 1. The number of rotatable bonds is 5. The summed E-state index contributed by atoms with van der Waals surface area (Å²) in [6.07, 6.45) is 1.43. The van der Waals surface area contributed by atoms with Crippen LogP contribution in [0.1, 0.15) is 5.56 Å². The maximum Gasteiger partial charge on any atom is 0.262 e. The predicted molar refractivity (Wildman–Crippen MR) is 81.2 cm³/mol. The van der Waals surface area contributed by atoms with E-state index in [4.69, 9.17) is 5.11 Å². The molecule has 114 valence electrons. The first-order valence-electron chi connectivity index (χ1n) is 6.61. The van der Waals surface area contributed by atoms with E-state index in [0.717, 1.165) is 5.56 Å². The summed E-state index contributed by atoms with van der Waals surface area (Å²) < 4.78 is 14.6. The van der Waals surface area contributed by atoms with Gasteiger partial charge in [-0.1, -0.05) is 23.9 Å². The molecule has 0 bridgehead atoms. The average Bonchev–Trinajstić information content (AvgIpc) is 2.90. The average molecular weight is 320 g/mol. The van der Waals surface area contributed by atoms with Crippen LogP contribution in [0.2, 0.25) is 0 Å². The number of aromatic nitrogens is 4. The highest BCUT2D eigenvalue weighted by atomic mass is 32.2. The molecule has 0 aliphatic rings. The number of hydrogen-bond acceptors (Lipinski definition) is 5. The molecule has 0 unspecified atom stereocenters. The van der Waals surface area contributed by atoms with Gasteiger partial charge in [-0.2, -0.15) is 5.10 Å². The standard InChI is InChI=1S/C14H13FN4O2S/c15-10-3-1-2-9(6-10)8-22-14-17-12-11(13(21)18-14)7-16-19(12)4-5-20/h1-3,6-7,20H,4-5,8H2,(H,17,18,21). The third-order valence-corrected chi connectivity index (χ3v) is 4.00. The van der Waals surface area contributed by atoms with E-state index in [2.05, 4.69) is 15.1 Å². The van der Waals surface area contributed by atoms with Crippen molar-refractivity contribution in [3.8, 4) is 0 Å². The second-order valence-electron chi connectivity index (χ2n) is 4.62. The van der Waals surface area contributed by atoms with Crippen molar-refractivity contribution in [2.45, 2.75) is 17.5 Å². The Balaban J connectivity index is 1.87. The van der Waals surface area contributed by atoms with E-state index in [0.29, 0.717) is 21.9 Å². The molecule has 0 aliphatic carbocycles. The lowest BCUT2D eigenvalue weighted by atomic mass is 10.2. The first-order chi connectivity index (χ1) is 10.7. The normalized spacial score (nSPS) is 11.2. The minimum absolute atomic E-state index is 0.0863. The molecule has 0 saturated carbocycles. The van der Waals surface area contributed by atoms with E-state index < -0.39 is 0 Å². The number of aliphatic hydroxyl groups is 1. The van der Waals surface area contributed by atoms with Crippen molar-refractivity contribution in [2.75, 3.05) is 6.61 Å². The molecular weight excluding hydrogens is 307 g/mol. The topological polar surface area (TPSA) is 83.8 Å². The molecular formula is C14H13FN4O2S. The molecule has 0 atom stereocenters. The molecule has 0 aliphatic heterocycles. The number of H-pyrrole nitrogens is 1. The lowest BCUT2D eigenvalue weighted by Gasteiger charge is -2.03. The highest BCUT2D eigenvalue weighted by molar-refractivity contribution is 7.98. The van der Waals surface area contributed by atoms with Gasteiger partial charge in [-0.05, 0) is 17.7 Å². The van der Waals surface area contributed by atoms with Gasteiger partial charge in [0, 0.05) is 5.75 Å². The first-order valence-corrected chi connectivity index (χ1v) is 7.60. The van der Waals surface area contributed by atoms with Crippen molar-refractivity contribution in [3.05, 3.63) is 52.2 Å². The van der Waals surface area contributed by atoms with E-state index in [-0.39, 0.29) is 24.5 Å². The van der Waals surface area contributed by atoms with Gasteiger partial charge in [-0.25, -0.2) is 14.1 Å². The summed E-state index contributed by atoms with van der Waals surface area (Å²) in [5.41, 5.74) is 0.951. The summed E-state index contributed by atoms with van der Waals surface area (Å²) in [6, 6.07) is 6.27. The molecule has 0 amide bonds. The molecule has 0 fully saturated rings. The van der Waals surface area contributed by atoms with Gasteiger partial charge >= 0.3 is 0 Å². The van der Waals surface area contributed by atoms with Gasteiger partial charge in [0.25, 0.3) is 5.56 Å². The Morgan fingerprint density at radius 1 is 1.41 bits per heavy atom. The van der Waals surface area contributed by atoms with E-state index in [1.807, 2.05) is 6.07 Å².